The molecule has 35 heavy (non-hydrogen) atoms. The normalized spacial score (nSPS) is 12.3. The molecule has 0 aliphatic rings. The Bertz CT molecular complexity index is 834. The van der Waals surface area contributed by atoms with Crippen molar-refractivity contribution in [1.29, 1.82) is 0 Å². The summed E-state index contributed by atoms with van der Waals surface area (Å²) >= 11 is 0. The summed E-state index contributed by atoms with van der Waals surface area (Å²) < 4.78 is 12.2. The fourth-order valence-corrected chi connectivity index (χ4v) is 4.67. The maximum absolute atomic E-state index is 12.8. The van der Waals surface area contributed by atoms with Crippen molar-refractivity contribution in [2.45, 2.75) is 90.6 Å². The van der Waals surface area contributed by atoms with Crippen LogP contribution in [-0.4, -0.2) is 43.8 Å². The molecule has 2 aromatic carbocycles. The molecule has 0 saturated heterocycles. The molecule has 0 aliphatic carbocycles. The smallest absolute Gasteiger partial charge is 0.364 e. The molecular formula is C31H48NO3+. The number of likely N-dealkylation sites (N-methyl/N-ethyl adjacent to an activating group) is 1. The van der Waals surface area contributed by atoms with Crippen LogP contribution in [-0.2, 0) is 22.5 Å². The predicted octanol–water partition coefficient (Wildman–Crippen LogP) is 7.35. The summed E-state index contributed by atoms with van der Waals surface area (Å²) in [6, 6.07) is 18.7. The number of benzene rings is 2. The fourth-order valence-electron chi connectivity index (χ4n) is 4.67. The van der Waals surface area contributed by atoms with Gasteiger partial charge in [0, 0.05) is 12.0 Å². The molecule has 0 radical (unpaired) electrons. The molecule has 0 N–H and O–H groups in total. The van der Waals surface area contributed by atoms with Crippen LogP contribution in [0.5, 0.6) is 5.75 Å². The molecule has 2 rings (SSSR count). The van der Waals surface area contributed by atoms with Crippen molar-refractivity contribution in [3.05, 3.63) is 65.7 Å². The number of nitrogens with zero attached hydrogens (tertiary/aromatic N) is 1. The minimum Gasteiger partial charge on any atom is -0.494 e. The van der Waals surface area contributed by atoms with Gasteiger partial charge in [0.2, 0.25) is 0 Å². The summed E-state index contributed by atoms with van der Waals surface area (Å²) in [6.45, 7) is 6.21. The second-order valence-electron chi connectivity index (χ2n) is 10.2. The third-order valence-corrected chi connectivity index (χ3v) is 6.70. The number of ether oxygens (including phenoxy) is 2. The quantitative estimate of drug-likeness (QED) is 0.127. The Balaban J connectivity index is 1.64. The van der Waals surface area contributed by atoms with Crippen molar-refractivity contribution in [1.82, 2.24) is 0 Å². The summed E-state index contributed by atoms with van der Waals surface area (Å²) in [5.41, 5.74) is 2.59. The summed E-state index contributed by atoms with van der Waals surface area (Å²) in [5, 5.41) is 0. The number of carbonyl (C=O) groups is 1. The predicted molar refractivity (Wildman–Crippen MR) is 146 cm³/mol. The van der Waals surface area contributed by atoms with Gasteiger partial charge in [-0.15, -0.1) is 0 Å². The maximum atomic E-state index is 12.8. The van der Waals surface area contributed by atoms with Crippen LogP contribution >= 0.6 is 0 Å². The molecule has 1 unspecified atom stereocenters. The molecule has 194 valence electrons. The summed E-state index contributed by atoms with van der Waals surface area (Å²) in [5.74, 6) is 0.841. The Hall–Kier alpha value is -2.33. The summed E-state index contributed by atoms with van der Waals surface area (Å²) in [6.07, 6.45) is 11.5. The molecule has 1 atom stereocenters. The zero-order valence-corrected chi connectivity index (χ0v) is 22.6. The van der Waals surface area contributed by atoms with E-state index in [1.54, 1.807) is 0 Å². The number of hydrogen-bond acceptors (Lipinski definition) is 3. The van der Waals surface area contributed by atoms with Gasteiger partial charge in [0.15, 0.2) is 6.04 Å². The third-order valence-electron chi connectivity index (χ3n) is 6.70. The van der Waals surface area contributed by atoms with Gasteiger partial charge in [0.05, 0.1) is 27.3 Å². The van der Waals surface area contributed by atoms with E-state index in [9.17, 15) is 4.79 Å². The molecule has 0 spiro atoms. The monoisotopic (exact) mass is 482 g/mol. The second-order valence-corrected chi connectivity index (χ2v) is 10.2. The SMILES string of the molecule is CCCCCCCCc1cccc(OCCCCOC(=O)C(CC)[N+](C)(C)Cc2ccccc2)c1. The van der Waals surface area contributed by atoms with Gasteiger partial charge in [-0.3, -0.25) is 0 Å². The number of rotatable bonds is 18. The Morgan fingerprint density at radius 1 is 0.800 bits per heavy atom. The zero-order valence-electron chi connectivity index (χ0n) is 22.6. The van der Waals surface area contributed by atoms with E-state index in [0.29, 0.717) is 17.7 Å². The van der Waals surface area contributed by atoms with Crippen LogP contribution in [0.15, 0.2) is 54.6 Å². The van der Waals surface area contributed by atoms with Gasteiger partial charge < -0.3 is 14.0 Å². The average molecular weight is 483 g/mol. The summed E-state index contributed by atoms with van der Waals surface area (Å²) in [7, 11) is 4.22. The van der Waals surface area contributed by atoms with Crippen molar-refractivity contribution in [3.8, 4) is 5.75 Å². The lowest BCUT2D eigenvalue weighted by atomic mass is 10.0. The number of quaternary nitrogens is 1. The molecule has 0 fully saturated rings. The van der Waals surface area contributed by atoms with Crippen molar-refractivity contribution in [2.24, 2.45) is 0 Å². The topological polar surface area (TPSA) is 35.5 Å². The molecule has 0 bridgehead atoms. The minimum absolute atomic E-state index is 0.100. The van der Waals surface area contributed by atoms with E-state index >= 15 is 0 Å². The van der Waals surface area contributed by atoms with Crippen LogP contribution in [0.1, 0.15) is 82.8 Å². The number of carbonyl (C=O) groups excluding carboxylic acids is 1. The highest BCUT2D eigenvalue weighted by Gasteiger charge is 2.34. The first-order chi connectivity index (χ1) is 17.0. The number of esters is 1. The van der Waals surface area contributed by atoms with Gasteiger partial charge in [-0.2, -0.15) is 0 Å². The van der Waals surface area contributed by atoms with E-state index in [4.69, 9.17) is 9.47 Å². The van der Waals surface area contributed by atoms with Crippen LogP contribution in [0.2, 0.25) is 0 Å². The standard InChI is InChI=1S/C31H48NO3/c1-5-7-8-9-10-12-18-27-21-17-22-29(25-27)34-23-15-16-24-35-31(33)30(6-2)32(3,4)26-28-19-13-11-14-20-28/h11,13-14,17,19-22,25,30H,5-10,12,15-16,18,23-24,26H2,1-4H3/q+1. The molecule has 0 aliphatic heterocycles. The van der Waals surface area contributed by atoms with Crippen molar-refractivity contribution in [2.75, 3.05) is 27.3 Å². The lowest BCUT2D eigenvalue weighted by molar-refractivity contribution is -0.919. The van der Waals surface area contributed by atoms with Gasteiger partial charge in [0.1, 0.15) is 12.3 Å². The molecule has 4 heteroatoms. The first-order valence-electron chi connectivity index (χ1n) is 13.7. The van der Waals surface area contributed by atoms with E-state index in [0.717, 1.165) is 38.0 Å². The molecule has 0 heterocycles. The van der Waals surface area contributed by atoms with Crippen molar-refractivity contribution < 1.29 is 18.8 Å². The van der Waals surface area contributed by atoms with Gasteiger partial charge in [-0.25, -0.2) is 4.79 Å². The largest absolute Gasteiger partial charge is 0.494 e. The highest BCUT2D eigenvalue weighted by atomic mass is 16.5. The lowest BCUT2D eigenvalue weighted by Crippen LogP contribution is -2.52. The van der Waals surface area contributed by atoms with E-state index < -0.39 is 0 Å². The van der Waals surface area contributed by atoms with E-state index in [1.807, 2.05) is 24.3 Å². The van der Waals surface area contributed by atoms with E-state index in [1.165, 1.54) is 49.7 Å². The Morgan fingerprint density at radius 2 is 1.49 bits per heavy atom. The van der Waals surface area contributed by atoms with Crippen LogP contribution in [0, 0.1) is 0 Å². The Morgan fingerprint density at radius 3 is 2.23 bits per heavy atom. The fraction of sp³-hybridized carbons (Fsp3) is 0.581. The minimum atomic E-state index is -0.166. The van der Waals surface area contributed by atoms with Gasteiger partial charge in [-0.05, 0) is 43.4 Å². The highest BCUT2D eigenvalue weighted by molar-refractivity contribution is 5.74. The van der Waals surface area contributed by atoms with Crippen LogP contribution in [0.25, 0.3) is 0 Å². The first kappa shape index (κ1) is 28.9. The lowest BCUT2D eigenvalue weighted by Gasteiger charge is -2.36. The first-order valence-corrected chi connectivity index (χ1v) is 13.7. The second kappa shape index (κ2) is 16.4. The average Bonchev–Trinajstić information content (AvgIpc) is 2.84. The highest BCUT2D eigenvalue weighted by Crippen LogP contribution is 2.19. The van der Waals surface area contributed by atoms with Crippen LogP contribution in [0.4, 0.5) is 0 Å². The van der Waals surface area contributed by atoms with Crippen molar-refractivity contribution >= 4 is 5.97 Å². The Labute approximate surface area is 214 Å². The molecule has 0 amide bonds. The number of unbranched alkanes of at least 4 members (excludes halogenated alkanes) is 6. The van der Waals surface area contributed by atoms with Gasteiger partial charge in [0.25, 0.3) is 0 Å². The molecule has 0 saturated carbocycles. The van der Waals surface area contributed by atoms with Crippen LogP contribution in [0.3, 0.4) is 0 Å². The van der Waals surface area contributed by atoms with Gasteiger partial charge >= 0.3 is 5.97 Å². The number of hydrogen-bond donors (Lipinski definition) is 0. The van der Waals surface area contributed by atoms with E-state index in [2.05, 4.69) is 58.3 Å². The van der Waals surface area contributed by atoms with E-state index in [-0.39, 0.29) is 12.0 Å². The molecule has 2 aromatic rings. The summed E-state index contributed by atoms with van der Waals surface area (Å²) in [4.78, 5) is 12.8. The maximum Gasteiger partial charge on any atom is 0.364 e. The number of aryl methyl sites for hydroxylation is 1. The Kier molecular flexibility index (Phi) is 13.5. The third kappa shape index (κ3) is 11.3. The van der Waals surface area contributed by atoms with Crippen LogP contribution < -0.4 is 4.74 Å². The van der Waals surface area contributed by atoms with Gasteiger partial charge in [-0.1, -0.05) is 88.4 Å². The zero-order chi connectivity index (χ0) is 25.4. The van der Waals surface area contributed by atoms with Crippen molar-refractivity contribution in [3.63, 3.8) is 0 Å². The molecule has 4 nitrogen and oxygen atoms in total. The molecule has 0 aromatic heterocycles. The molecular weight excluding hydrogens is 434 g/mol.